The number of hydrogen-bond donors (Lipinski definition) is 3. The molecule has 0 aliphatic carbocycles. The van der Waals surface area contributed by atoms with Crippen molar-refractivity contribution in [3.05, 3.63) is 56.3 Å². The van der Waals surface area contributed by atoms with Gasteiger partial charge in [-0.05, 0) is 71.8 Å². The van der Waals surface area contributed by atoms with E-state index >= 15 is 0 Å². The Kier molecular flexibility index (Phi) is 11.2. The highest BCUT2D eigenvalue weighted by molar-refractivity contribution is 14.1. The smallest absolute Gasteiger partial charge is 0.338 e. The summed E-state index contributed by atoms with van der Waals surface area (Å²) in [6.07, 6.45) is 1.43. The molecule has 0 bridgehead atoms. The molecule has 0 saturated heterocycles. The Hall–Kier alpha value is -4.52. The highest BCUT2D eigenvalue weighted by atomic mass is 127. The van der Waals surface area contributed by atoms with Crippen LogP contribution in [0.3, 0.4) is 0 Å². The van der Waals surface area contributed by atoms with E-state index in [0.717, 1.165) is 0 Å². The van der Waals surface area contributed by atoms with Crippen LogP contribution >= 0.6 is 22.6 Å². The molecule has 0 aromatic heterocycles. The second-order valence-corrected chi connectivity index (χ2v) is 9.43. The number of ether oxygens (including phenoxy) is 5. The summed E-state index contributed by atoms with van der Waals surface area (Å²) in [6.45, 7) is 3.00. The molecule has 0 spiro atoms. The van der Waals surface area contributed by atoms with Crippen molar-refractivity contribution < 1.29 is 38.1 Å². The predicted octanol–water partition coefficient (Wildman–Crippen LogP) is 2.93. The third-order valence-electron chi connectivity index (χ3n) is 5.58. The van der Waals surface area contributed by atoms with Gasteiger partial charge >= 0.3 is 12.0 Å². The van der Waals surface area contributed by atoms with E-state index < -0.39 is 23.9 Å². The first-order valence-electron chi connectivity index (χ1n) is 12.2. The van der Waals surface area contributed by atoms with E-state index in [9.17, 15) is 14.4 Å². The molecule has 3 amide bonds. The maximum absolute atomic E-state index is 12.6. The van der Waals surface area contributed by atoms with Gasteiger partial charge in [0.2, 0.25) is 0 Å². The topological polar surface area (TPSA) is 170 Å². The Morgan fingerprint density at radius 3 is 2.59 bits per heavy atom. The number of nitriles is 1. The number of benzene rings is 2. The van der Waals surface area contributed by atoms with Crippen LogP contribution in [0, 0.1) is 14.9 Å². The van der Waals surface area contributed by atoms with E-state index in [1.165, 1.54) is 20.4 Å². The molecule has 0 saturated carbocycles. The maximum Gasteiger partial charge on any atom is 0.338 e. The number of nitrogens with zero attached hydrogens (tertiary/aromatic N) is 2. The van der Waals surface area contributed by atoms with Crippen molar-refractivity contribution in [1.82, 2.24) is 16.1 Å². The van der Waals surface area contributed by atoms with Gasteiger partial charge in [-0.25, -0.2) is 15.0 Å². The summed E-state index contributed by atoms with van der Waals surface area (Å²) in [7, 11) is 2.90. The predicted molar refractivity (Wildman–Crippen MR) is 155 cm³/mol. The molecule has 2 aromatic carbocycles. The monoisotopic (exact) mass is 677 g/mol. The SMILES string of the molecule is CCOC(=O)C1=C(C)NC(=O)N[C@@H]1c1ccc(OCC(=O)N/N=C\c2cc(I)c(OCC#N)c(OC)c2)c(OC)c1. The van der Waals surface area contributed by atoms with Crippen LogP contribution in [0.1, 0.15) is 31.0 Å². The number of nitrogens with one attached hydrogen (secondary N) is 3. The molecule has 216 valence electrons. The Morgan fingerprint density at radius 2 is 1.90 bits per heavy atom. The normalized spacial score (nSPS) is 14.4. The fraction of sp³-hybridized carbons (Fsp3) is 0.296. The van der Waals surface area contributed by atoms with Crippen molar-refractivity contribution >= 4 is 46.7 Å². The molecule has 1 atom stereocenters. The molecule has 1 aliphatic rings. The summed E-state index contributed by atoms with van der Waals surface area (Å²) >= 11 is 2.05. The summed E-state index contributed by atoms with van der Waals surface area (Å²) in [5, 5.41) is 18.0. The summed E-state index contributed by atoms with van der Waals surface area (Å²) in [4.78, 5) is 37.0. The lowest BCUT2D eigenvalue weighted by Crippen LogP contribution is -2.45. The van der Waals surface area contributed by atoms with Gasteiger partial charge in [0.1, 0.15) is 6.07 Å². The van der Waals surface area contributed by atoms with Crippen LogP contribution < -0.4 is 35.0 Å². The van der Waals surface area contributed by atoms with E-state index in [1.807, 2.05) is 28.7 Å². The number of methoxy groups -OCH3 is 2. The molecule has 41 heavy (non-hydrogen) atoms. The number of rotatable bonds is 12. The van der Waals surface area contributed by atoms with Gasteiger partial charge in [-0.15, -0.1) is 0 Å². The number of halogens is 1. The molecule has 14 heteroatoms. The molecule has 13 nitrogen and oxygen atoms in total. The van der Waals surface area contributed by atoms with E-state index in [1.54, 1.807) is 44.2 Å². The van der Waals surface area contributed by atoms with Crippen LogP contribution in [0.2, 0.25) is 0 Å². The third-order valence-corrected chi connectivity index (χ3v) is 6.38. The second kappa shape index (κ2) is 14.7. The zero-order chi connectivity index (χ0) is 29.9. The average molecular weight is 677 g/mol. The molecular weight excluding hydrogens is 649 g/mol. The molecule has 0 unspecified atom stereocenters. The van der Waals surface area contributed by atoms with Gasteiger partial charge in [-0.2, -0.15) is 10.4 Å². The standard InChI is InChI=1S/C27H28IN5O8/c1-5-39-26(35)23-15(2)31-27(36)32-24(23)17-6-7-19(20(12-17)37-3)41-14-22(34)33-30-13-16-10-18(28)25(40-9-8-29)21(11-16)38-4/h6-7,10-13,24H,5,9,14H2,1-4H3,(H,33,34)(H2,31,32,36)/b30-13-/t24-/m1/s1. The maximum atomic E-state index is 12.6. The van der Waals surface area contributed by atoms with E-state index in [0.29, 0.717) is 31.9 Å². The van der Waals surface area contributed by atoms with Crippen molar-refractivity contribution in [2.75, 3.05) is 34.0 Å². The number of allylic oxidation sites excluding steroid dienone is 1. The van der Waals surface area contributed by atoms with Crippen molar-refractivity contribution in [1.29, 1.82) is 5.26 Å². The zero-order valence-corrected chi connectivity index (χ0v) is 24.9. The first kappa shape index (κ1) is 31.0. The number of carbonyl (C=O) groups is 3. The summed E-state index contributed by atoms with van der Waals surface area (Å²) in [5.74, 6) is 0.319. The van der Waals surface area contributed by atoms with E-state index in [-0.39, 0.29) is 36.9 Å². The number of urea groups is 1. The lowest BCUT2D eigenvalue weighted by Gasteiger charge is -2.28. The first-order chi connectivity index (χ1) is 19.7. The number of carbonyl (C=O) groups excluding carboxylic acids is 3. The highest BCUT2D eigenvalue weighted by Gasteiger charge is 2.32. The molecule has 1 heterocycles. The van der Waals surface area contributed by atoms with Gasteiger partial charge in [-0.3, -0.25) is 4.79 Å². The van der Waals surface area contributed by atoms with Crippen molar-refractivity contribution in [3.8, 4) is 29.1 Å². The average Bonchev–Trinajstić information content (AvgIpc) is 2.94. The van der Waals surface area contributed by atoms with Gasteiger partial charge in [0.25, 0.3) is 5.91 Å². The minimum Gasteiger partial charge on any atom is -0.493 e. The number of hydrogen-bond acceptors (Lipinski definition) is 10. The van der Waals surface area contributed by atoms with Crippen molar-refractivity contribution in [2.45, 2.75) is 19.9 Å². The fourth-order valence-electron chi connectivity index (χ4n) is 3.82. The van der Waals surface area contributed by atoms with E-state index in [2.05, 4.69) is 21.2 Å². The second-order valence-electron chi connectivity index (χ2n) is 8.26. The Balaban J connectivity index is 1.67. The lowest BCUT2D eigenvalue weighted by molar-refractivity contribution is -0.139. The Morgan fingerprint density at radius 1 is 1.15 bits per heavy atom. The first-order valence-corrected chi connectivity index (χ1v) is 13.3. The van der Waals surface area contributed by atoms with Gasteiger partial charge in [-0.1, -0.05) is 6.07 Å². The van der Waals surface area contributed by atoms with Gasteiger partial charge in [0.15, 0.2) is 36.2 Å². The fourth-order valence-corrected chi connectivity index (χ4v) is 4.60. The van der Waals surface area contributed by atoms with Crippen LogP contribution in [0.25, 0.3) is 0 Å². The van der Waals surface area contributed by atoms with Crippen LogP contribution in [0.15, 0.2) is 46.7 Å². The molecule has 0 radical (unpaired) electrons. The summed E-state index contributed by atoms with van der Waals surface area (Å²) < 4.78 is 27.6. The molecule has 3 rings (SSSR count). The third kappa shape index (κ3) is 8.01. The Labute approximate surface area is 249 Å². The lowest BCUT2D eigenvalue weighted by atomic mass is 9.95. The van der Waals surface area contributed by atoms with Crippen LogP contribution in [-0.4, -0.2) is 58.2 Å². The largest absolute Gasteiger partial charge is 0.493 e. The number of amides is 3. The molecule has 3 N–H and O–H groups in total. The number of esters is 1. The van der Waals surface area contributed by atoms with Crippen molar-refractivity contribution in [2.24, 2.45) is 5.10 Å². The zero-order valence-electron chi connectivity index (χ0n) is 22.7. The van der Waals surface area contributed by atoms with Crippen LogP contribution in [0.4, 0.5) is 4.79 Å². The highest BCUT2D eigenvalue weighted by Crippen LogP contribution is 2.35. The van der Waals surface area contributed by atoms with Crippen LogP contribution in [0.5, 0.6) is 23.0 Å². The number of hydrazone groups is 1. The van der Waals surface area contributed by atoms with Crippen molar-refractivity contribution in [3.63, 3.8) is 0 Å². The summed E-state index contributed by atoms with van der Waals surface area (Å²) in [6, 6.07) is 8.89. The summed E-state index contributed by atoms with van der Waals surface area (Å²) in [5.41, 5.74) is 4.20. The van der Waals surface area contributed by atoms with E-state index in [4.69, 9.17) is 28.9 Å². The molecule has 2 aromatic rings. The quantitative estimate of drug-likeness (QED) is 0.132. The minimum absolute atomic E-state index is 0.122. The minimum atomic E-state index is -0.781. The molecule has 1 aliphatic heterocycles. The van der Waals surface area contributed by atoms with Crippen LogP contribution in [-0.2, 0) is 14.3 Å². The molecule has 0 fully saturated rings. The Bertz CT molecular complexity index is 1420. The van der Waals surface area contributed by atoms with Gasteiger partial charge in [0.05, 0.1) is 42.2 Å². The van der Waals surface area contributed by atoms with Gasteiger partial charge < -0.3 is 34.3 Å². The molecular formula is C27H28IN5O8. The van der Waals surface area contributed by atoms with Gasteiger partial charge in [0, 0.05) is 5.70 Å².